The number of amides is 1. The van der Waals surface area contributed by atoms with Crippen LogP contribution in [0.3, 0.4) is 0 Å². The molecule has 0 fully saturated rings. The van der Waals surface area contributed by atoms with Crippen LogP contribution in [0.2, 0.25) is 0 Å². The first-order valence-electron chi connectivity index (χ1n) is 4.83. The highest BCUT2D eigenvalue weighted by Crippen LogP contribution is 2.22. The minimum atomic E-state index is 0.0144. The summed E-state index contributed by atoms with van der Waals surface area (Å²) in [6.07, 6.45) is 0.422. The van der Waals surface area contributed by atoms with Crippen LogP contribution in [-0.2, 0) is 11.2 Å². The molecule has 1 aromatic heterocycles. The van der Waals surface area contributed by atoms with E-state index in [0.717, 1.165) is 14.4 Å². The van der Waals surface area contributed by atoms with Crippen molar-refractivity contribution in [3.63, 3.8) is 0 Å². The summed E-state index contributed by atoms with van der Waals surface area (Å²) < 4.78 is 1.05. The predicted octanol–water partition coefficient (Wildman–Crippen LogP) is 3.69. The van der Waals surface area contributed by atoms with E-state index in [9.17, 15) is 4.79 Å². The summed E-state index contributed by atoms with van der Waals surface area (Å²) in [5.74, 6) is 0.0144. The van der Waals surface area contributed by atoms with Crippen molar-refractivity contribution in [2.24, 2.45) is 0 Å². The molecule has 2 rings (SSSR count). The lowest BCUT2D eigenvalue weighted by Crippen LogP contribution is -2.13. The van der Waals surface area contributed by atoms with Gasteiger partial charge >= 0.3 is 0 Å². The molecule has 1 N–H and O–H groups in total. The highest BCUT2D eigenvalue weighted by Gasteiger charge is 2.05. The first-order valence-corrected chi connectivity index (χ1v) is 6.44. The van der Waals surface area contributed by atoms with Gasteiger partial charge in [-0.1, -0.05) is 18.2 Å². The van der Waals surface area contributed by atoms with Crippen molar-refractivity contribution in [1.82, 2.24) is 0 Å². The van der Waals surface area contributed by atoms with Gasteiger partial charge in [-0.3, -0.25) is 4.79 Å². The number of anilines is 1. The van der Waals surface area contributed by atoms with Crippen molar-refractivity contribution in [2.45, 2.75) is 6.42 Å². The van der Waals surface area contributed by atoms with Crippen molar-refractivity contribution < 1.29 is 4.79 Å². The van der Waals surface area contributed by atoms with Gasteiger partial charge in [0.2, 0.25) is 5.91 Å². The third-order valence-corrected chi connectivity index (χ3v) is 3.64. The molecule has 0 saturated carbocycles. The van der Waals surface area contributed by atoms with E-state index in [1.165, 1.54) is 0 Å². The zero-order chi connectivity index (χ0) is 11.4. The van der Waals surface area contributed by atoms with Crippen LogP contribution < -0.4 is 5.32 Å². The Morgan fingerprint density at radius 3 is 2.56 bits per heavy atom. The maximum absolute atomic E-state index is 11.7. The van der Waals surface area contributed by atoms with Gasteiger partial charge < -0.3 is 5.32 Å². The minimum absolute atomic E-state index is 0.0144. The van der Waals surface area contributed by atoms with Crippen LogP contribution in [0.15, 0.2) is 46.3 Å². The molecule has 0 spiro atoms. The van der Waals surface area contributed by atoms with Gasteiger partial charge in [0.1, 0.15) is 0 Å². The van der Waals surface area contributed by atoms with Gasteiger partial charge in [-0.25, -0.2) is 0 Å². The van der Waals surface area contributed by atoms with Gasteiger partial charge in [0.25, 0.3) is 0 Å². The van der Waals surface area contributed by atoms with E-state index >= 15 is 0 Å². The normalized spacial score (nSPS) is 10.1. The van der Waals surface area contributed by atoms with Crippen LogP contribution >= 0.6 is 27.3 Å². The lowest BCUT2D eigenvalue weighted by atomic mass is 10.3. The topological polar surface area (TPSA) is 29.1 Å². The molecule has 0 aliphatic carbocycles. The second kappa shape index (κ2) is 5.27. The number of rotatable bonds is 3. The summed E-state index contributed by atoms with van der Waals surface area (Å²) in [5, 5.41) is 2.85. The molecule has 1 amide bonds. The summed E-state index contributed by atoms with van der Waals surface area (Å²) in [5.41, 5.74) is 0.836. The summed E-state index contributed by atoms with van der Waals surface area (Å²) in [6, 6.07) is 13.4. The van der Waals surface area contributed by atoms with Gasteiger partial charge in [-0.2, -0.15) is 0 Å². The molecule has 0 aliphatic rings. The van der Waals surface area contributed by atoms with Crippen molar-refractivity contribution >= 4 is 38.9 Å². The number of nitrogens with one attached hydrogen (secondary N) is 1. The first-order chi connectivity index (χ1) is 7.74. The van der Waals surface area contributed by atoms with Crippen molar-refractivity contribution in [1.29, 1.82) is 0 Å². The average Bonchev–Trinajstić information content (AvgIpc) is 2.65. The molecule has 16 heavy (non-hydrogen) atoms. The lowest BCUT2D eigenvalue weighted by molar-refractivity contribution is -0.115. The molecule has 0 atom stereocenters. The quantitative estimate of drug-likeness (QED) is 0.919. The minimum Gasteiger partial charge on any atom is -0.326 e. The summed E-state index contributed by atoms with van der Waals surface area (Å²) >= 11 is 4.96. The average molecular weight is 296 g/mol. The Labute approximate surface area is 106 Å². The highest BCUT2D eigenvalue weighted by atomic mass is 79.9. The standard InChI is InChI=1S/C12H10BrNOS/c13-11-7-6-10(16-11)8-12(15)14-9-4-2-1-3-5-9/h1-7H,8H2,(H,14,15). The molecule has 0 radical (unpaired) electrons. The van der Waals surface area contributed by atoms with E-state index in [2.05, 4.69) is 21.2 Å². The number of thiophene rings is 1. The Balaban J connectivity index is 1.95. The predicted molar refractivity (Wildman–Crippen MR) is 70.8 cm³/mol. The largest absolute Gasteiger partial charge is 0.326 e. The Hall–Kier alpha value is -1.13. The monoisotopic (exact) mass is 295 g/mol. The third-order valence-electron chi connectivity index (χ3n) is 2.02. The van der Waals surface area contributed by atoms with E-state index in [1.54, 1.807) is 11.3 Å². The number of carbonyl (C=O) groups is 1. The number of carbonyl (C=O) groups excluding carboxylic acids is 1. The summed E-state index contributed by atoms with van der Waals surface area (Å²) in [4.78, 5) is 12.7. The van der Waals surface area contributed by atoms with Gasteiger partial charge in [0, 0.05) is 10.6 Å². The second-order valence-electron chi connectivity index (χ2n) is 3.30. The third kappa shape index (κ3) is 3.18. The zero-order valence-electron chi connectivity index (χ0n) is 8.44. The molecular weight excluding hydrogens is 286 g/mol. The first kappa shape index (κ1) is 11.4. The van der Waals surface area contributed by atoms with E-state index in [1.807, 2.05) is 42.5 Å². The van der Waals surface area contributed by atoms with Gasteiger partial charge in [-0.05, 0) is 40.2 Å². The molecule has 2 aromatic rings. The van der Waals surface area contributed by atoms with Crippen LogP contribution in [0, 0.1) is 0 Å². The molecule has 1 heterocycles. The smallest absolute Gasteiger partial charge is 0.229 e. The van der Waals surface area contributed by atoms with Crippen LogP contribution in [-0.4, -0.2) is 5.91 Å². The van der Waals surface area contributed by atoms with Crippen LogP contribution in [0.4, 0.5) is 5.69 Å². The fraction of sp³-hybridized carbons (Fsp3) is 0.0833. The SMILES string of the molecule is O=C(Cc1ccc(Br)s1)Nc1ccccc1. The number of hydrogen-bond donors (Lipinski definition) is 1. The lowest BCUT2D eigenvalue weighted by Gasteiger charge is -2.03. The van der Waals surface area contributed by atoms with Crippen molar-refractivity contribution in [3.8, 4) is 0 Å². The summed E-state index contributed by atoms with van der Waals surface area (Å²) in [7, 11) is 0. The Kier molecular flexibility index (Phi) is 3.74. The Morgan fingerprint density at radius 1 is 1.19 bits per heavy atom. The zero-order valence-corrected chi connectivity index (χ0v) is 10.8. The van der Waals surface area contributed by atoms with E-state index in [4.69, 9.17) is 0 Å². The molecule has 4 heteroatoms. The Bertz CT molecular complexity index is 481. The molecule has 0 saturated heterocycles. The number of halogens is 1. The van der Waals surface area contributed by atoms with Crippen LogP contribution in [0.25, 0.3) is 0 Å². The van der Waals surface area contributed by atoms with E-state index in [-0.39, 0.29) is 5.91 Å². The van der Waals surface area contributed by atoms with Gasteiger partial charge in [0.05, 0.1) is 10.2 Å². The van der Waals surface area contributed by atoms with Crippen LogP contribution in [0.1, 0.15) is 4.88 Å². The second-order valence-corrected chi connectivity index (χ2v) is 5.84. The van der Waals surface area contributed by atoms with E-state index < -0.39 is 0 Å². The number of benzene rings is 1. The van der Waals surface area contributed by atoms with Crippen molar-refractivity contribution in [3.05, 3.63) is 51.1 Å². The highest BCUT2D eigenvalue weighted by molar-refractivity contribution is 9.11. The molecule has 1 aromatic carbocycles. The Morgan fingerprint density at radius 2 is 1.94 bits per heavy atom. The molecule has 0 unspecified atom stereocenters. The number of para-hydroxylation sites is 1. The molecule has 0 aliphatic heterocycles. The summed E-state index contributed by atoms with van der Waals surface area (Å²) in [6.45, 7) is 0. The fourth-order valence-electron chi connectivity index (χ4n) is 1.33. The maximum Gasteiger partial charge on any atom is 0.229 e. The van der Waals surface area contributed by atoms with E-state index in [0.29, 0.717) is 6.42 Å². The van der Waals surface area contributed by atoms with Gasteiger partial charge in [0.15, 0.2) is 0 Å². The molecule has 82 valence electrons. The molecular formula is C12H10BrNOS. The molecule has 2 nitrogen and oxygen atoms in total. The maximum atomic E-state index is 11.7. The fourth-order valence-corrected chi connectivity index (χ4v) is 2.81. The molecule has 0 bridgehead atoms. The van der Waals surface area contributed by atoms with Crippen LogP contribution in [0.5, 0.6) is 0 Å². The van der Waals surface area contributed by atoms with Crippen molar-refractivity contribution in [2.75, 3.05) is 5.32 Å². The number of hydrogen-bond acceptors (Lipinski definition) is 2. The van der Waals surface area contributed by atoms with Gasteiger partial charge in [-0.15, -0.1) is 11.3 Å².